The topological polar surface area (TPSA) is 457 Å². The predicted octanol–water partition coefficient (Wildman–Crippen LogP) is 1.45. The Hall–Kier alpha value is -6.76. The van der Waals surface area contributed by atoms with Gasteiger partial charge in [0.05, 0.1) is 98.0 Å². The van der Waals surface area contributed by atoms with Crippen molar-refractivity contribution >= 4 is 51.2 Å². The molecule has 30 nitrogen and oxygen atoms in total. The van der Waals surface area contributed by atoms with Crippen LogP contribution in [0.1, 0.15) is 0 Å². The van der Waals surface area contributed by atoms with Crippen molar-refractivity contribution in [3.63, 3.8) is 0 Å². The van der Waals surface area contributed by atoms with E-state index in [1.807, 2.05) is 0 Å². The molecule has 256 valence electrons. The molecule has 3 aromatic rings. The summed E-state index contributed by atoms with van der Waals surface area (Å²) in [4.78, 5) is 82.5. The Morgan fingerprint density at radius 1 is 0.286 bits per heavy atom. The van der Waals surface area contributed by atoms with Gasteiger partial charge < -0.3 is 15.3 Å². The summed E-state index contributed by atoms with van der Waals surface area (Å²) in [7, 11) is 0. The van der Waals surface area contributed by atoms with Gasteiger partial charge in [0.15, 0.2) is 0 Å². The largest absolute Gasteiger partial charge is 3.00 e. The summed E-state index contributed by atoms with van der Waals surface area (Å²) >= 11 is 0. The minimum atomic E-state index is -1.46. The van der Waals surface area contributed by atoms with E-state index in [0.29, 0.717) is 36.4 Å². The average molecular weight is 836 g/mol. The molecule has 0 radical (unpaired) electrons. The van der Waals surface area contributed by atoms with E-state index in [2.05, 4.69) is 0 Å². The van der Waals surface area contributed by atoms with Gasteiger partial charge >= 0.3 is 49.4 Å². The SMILES string of the molecule is O=[N+]([O-])c1cc([N+](=O)[O-])c([O-])c([N+](=O)[O-])c1.O=[N+]([O-])c1cc([N+](=O)[O-])c([O-])c([N+](=O)[O-])c1.O=[N+]([O-])c1cc([N+](=O)[O-])c([O-])c([N+](=O)[O-])c1.[Eu+3]. The van der Waals surface area contributed by atoms with Crippen molar-refractivity contribution in [2.45, 2.75) is 0 Å². The summed E-state index contributed by atoms with van der Waals surface area (Å²) in [6.07, 6.45) is 0. The van der Waals surface area contributed by atoms with Gasteiger partial charge in [-0.05, 0) is 0 Å². The van der Waals surface area contributed by atoms with Gasteiger partial charge in [-0.2, -0.15) is 0 Å². The van der Waals surface area contributed by atoms with Crippen molar-refractivity contribution in [2.24, 2.45) is 0 Å². The molecular formula is C18H6EuN9O21. The van der Waals surface area contributed by atoms with Gasteiger partial charge in [0.2, 0.25) is 0 Å². The monoisotopic (exact) mass is 837 g/mol. The predicted molar refractivity (Wildman–Crippen MR) is 138 cm³/mol. The fourth-order valence-electron chi connectivity index (χ4n) is 2.88. The van der Waals surface area contributed by atoms with Gasteiger partial charge in [0.1, 0.15) is 0 Å². The average Bonchev–Trinajstić information content (AvgIpc) is 2.96. The first kappa shape index (κ1) is 42.2. The van der Waals surface area contributed by atoms with Crippen molar-refractivity contribution in [3.8, 4) is 17.2 Å². The third-order valence-electron chi connectivity index (χ3n) is 4.92. The fraction of sp³-hybridized carbons (Fsp3) is 0. The second-order valence-electron chi connectivity index (χ2n) is 7.75. The number of nitro groups is 9. The first-order valence-electron chi connectivity index (χ1n) is 10.9. The van der Waals surface area contributed by atoms with Gasteiger partial charge in [0.25, 0.3) is 51.2 Å². The Kier molecular flexibility index (Phi) is 14.9. The second-order valence-corrected chi connectivity index (χ2v) is 7.75. The molecule has 0 N–H and O–H groups in total. The standard InChI is InChI=1S/3C6H3N3O7.Eu/c3*10-6-4(8(13)14)1-3(7(11)12)2-5(6)9(15)16;/h3*1-2,10H;/q;;;+3/p-3. The van der Waals surface area contributed by atoms with E-state index in [1.54, 1.807) is 0 Å². The molecule has 0 amide bonds. The Morgan fingerprint density at radius 3 is 0.490 bits per heavy atom. The molecule has 0 aromatic heterocycles. The molecule has 0 aliphatic rings. The maximum Gasteiger partial charge on any atom is 3.00 e. The minimum Gasteiger partial charge on any atom is -0.863 e. The maximum absolute atomic E-state index is 11.1. The van der Waals surface area contributed by atoms with Crippen LogP contribution in [-0.4, -0.2) is 44.3 Å². The molecule has 0 fully saturated rings. The molecule has 3 aromatic carbocycles. The summed E-state index contributed by atoms with van der Waals surface area (Å²) in [6.45, 7) is 0. The van der Waals surface area contributed by atoms with Crippen LogP contribution in [0.25, 0.3) is 0 Å². The van der Waals surface area contributed by atoms with Crippen LogP contribution in [-0.2, 0) is 0 Å². The zero-order chi connectivity index (χ0) is 37.4. The Morgan fingerprint density at radius 2 is 0.408 bits per heavy atom. The van der Waals surface area contributed by atoms with Crippen LogP contribution in [0.2, 0.25) is 0 Å². The Balaban J connectivity index is 0.000000698. The van der Waals surface area contributed by atoms with Crippen LogP contribution < -0.4 is 15.3 Å². The smallest absolute Gasteiger partial charge is 0.863 e. The molecule has 3 rings (SSSR count). The zero-order valence-electron chi connectivity index (χ0n) is 22.4. The van der Waals surface area contributed by atoms with Crippen LogP contribution in [0.5, 0.6) is 17.2 Å². The van der Waals surface area contributed by atoms with E-state index < -0.39 is 113 Å². The normalized spacial score (nSPS) is 9.55. The number of hydrogen-bond acceptors (Lipinski definition) is 21. The number of non-ortho nitro benzene ring substituents is 3. The number of rotatable bonds is 9. The van der Waals surface area contributed by atoms with Gasteiger partial charge in [-0.15, -0.1) is 0 Å². The third kappa shape index (κ3) is 10.6. The van der Waals surface area contributed by atoms with Gasteiger partial charge in [0, 0.05) is 0 Å². The van der Waals surface area contributed by atoms with Crippen LogP contribution >= 0.6 is 0 Å². The van der Waals surface area contributed by atoms with Crippen LogP contribution in [0.3, 0.4) is 0 Å². The van der Waals surface area contributed by atoms with Crippen molar-refractivity contribution in [1.29, 1.82) is 0 Å². The summed E-state index contributed by atoms with van der Waals surface area (Å²) in [6, 6.07) is 2.31. The molecule has 0 aliphatic carbocycles. The molecule has 0 aliphatic heterocycles. The summed E-state index contributed by atoms with van der Waals surface area (Å²) < 4.78 is 0. The molecule has 0 unspecified atom stereocenters. The zero-order valence-corrected chi connectivity index (χ0v) is 24.9. The Bertz CT molecular complexity index is 1610. The van der Waals surface area contributed by atoms with E-state index in [4.69, 9.17) is 0 Å². The number of hydrogen-bond donors (Lipinski definition) is 0. The molecule has 0 spiro atoms. The van der Waals surface area contributed by atoms with E-state index in [-0.39, 0.29) is 49.4 Å². The summed E-state index contributed by atoms with van der Waals surface area (Å²) in [5.74, 6) is -4.37. The maximum atomic E-state index is 11.1. The Labute approximate surface area is 303 Å². The fourth-order valence-corrected chi connectivity index (χ4v) is 2.88. The van der Waals surface area contributed by atoms with Crippen molar-refractivity contribution in [3.05, 3.63) is 127 Å². The molecule has 0 bridgehead atoms. The minimum absolute atomic E-state index is 0. The molecular weight excluding hydrogens is 830 g/mol. The van der Waals surface area contributed by atoms with E-state index in [1.165, 1.54) is 0 Å². The van der Waals surface area contributed by atoms with Crippen molar-refractivity contribution in [2.75, 3.05) is 0 Å². The molecule has 31 heteroatoms. The second kappa shape index (κ2) is 17.2. The van der Waals surface area contributed by atoms with Crippen LogP contribution in [0, 0.1) is 140 Å². The molecule has 0 saturated heterocycles. The molecule has 49 heavy (non-hydrogen) atoms. The van der Waals surface area contributed by atoms with E-state index in [9.17, 15) is 106 Å². The summed E-state index contributed by atoms with van der Waals surface area (Å²) in [5.41, 5.74) is -9.79. The van der Waals surface area contributed by atoms with E-state index >= 15 is 0 Å². The van der Waals surface area contributed by atoms with Gasteiger partial charge in [-0.3, -0.25) is 91.0 Å². The van der Waals surface area contributed by atoms with Crippen molar-refractivity contribution in [1.82, 2.24) is 0 Å². The summed E-state index contributed by atoms with van der Waals surface area (Å²) in [5, 5.41) is 126. The van der Waals surface area contributed by atoms with Gasteiger partial charge in [-0.1, -0.05) is 0 Å². The quantitative estimate of drug-likeness (QED) is 0.217. The number of nitro benzene ring substituents is 9. The van der Waals surface area contributed by atoms with E-state index in [0.717, 1.165) is 0 Å². The van der Waals surface area contributed by atoms with Crippen LogP contribution in [0.15, 0.2) is 36.4 Å². The molecule has 0 saturated carbocycles. The third-order valence-corrected chi connectivity index (χ3v) is 4.92. The first-order chi connectivity index (χ1) is 22.0. The van der Waals surface area contributed by atoms with Crippen LogP contribution in [0.4, 0.5) is 51.2 Å². The number of benzene rings is 3. The number of nitrogens with zero attached hydrogens (tertiary/aromatic N) is 9. The molecule has 0 heterocycles. The van der Waals surface area contributed by atoms with Crippen molar-refractivity contribution < 1.29 is 109 Å². The van der Waals surface area contributed by atoms with Gasteiger partial charge in [-0.25, -0.2) is 0 Å². The molecule has 0 atom stereocenters. The first-order valence-corrected chi connectivity index (χ1v) is 10.9.